The fourth-order valence-electron chi connectivity index (χ4n) is 2.77. The van der Waals surface area contributed by atoms with Crippen molar-refractivity contribution in [1.29, 1.82) is 0 Å². The molecule has 1 fully saturated rings. The van der Waals surface area contributed by atoms with Gasteiger partial charge >= 0.3 is 0 Å². The predicted octanol–water partition coefficient (Wildman–Crippen LogP) is 3.49. The Morgan fingerprint density at radius 3 is 2.68 bits per heavy atom. The maximum atomic E-state index is 14.3. The fraction of sp³-hybridized carbons (Fsp3) is 0.158. The Kier molecular flexibility index (Phi) is 3.72. The second-order valence-corrected chi connectivity index (χ2v) is 6.13. The topological polar surface area (TPSA) is 74.0 Å². The average Bonchev–Trinajstić information content (AvgIpc) is 3.41. The highest BCUT2D eigenvalue weighted by Crippen LogP contribution is 2.31. The Labute approximate surface area is 142 Å². The summed E-state index contributed by atoms with van der Waals surface area (Å²) in [4.78, 5) is 27.0. The van der Waals surface area contributed by atoms with Crippen molar-refractivity contribution < 1.29 is 9.18 Å². The maximum Gasteiger partial charge on any atom is 0.257 e. The monoisotopic (exact) mass is 337 g/mol. The number of aromatic nitrogens is 1. The third-order valence-electron chi connectivity index (χ3n) is 4.19. The third kappa shape index (κ3) is 3.10. The molecule has 1 saturated carbocycles. The van der Waals surface area contributed by atoms with Gasteiger partial charge in [0.05, 0.1) is 16.8 Å². The number of H-pyrrole nitrogens is 1. The van der Waals surface area contributed by atoms with E-state index in [1.165, 1.54) is 12.1 Å². The minimum absolute atomic E-state index is 0.120. The minimum atomic E-state index is -0.507. The second kappa shape index (κ2) is 6.05. The van der Waals surface area contributed by atoms with Gasteiger partial charge in [-0.05, 0) is 42.5 Å². The molecule has 0 saturated heterocycles. The highest BCUT2D eigenvalue weighted by atomic mass is 19.1. The molecule has 25 heavy (non-hydrogen) atoms. The number of para-hydroxylation sites is 2. The molecule has 0 radical (unpaired) electrons. The Bertz CT molecular complexity index is 1020. The number of halogens is 1. The molecule has 0 unspecified atom stereocenters. The van der Waals surface area contributed by atoms with Crippen LogP contribution in [-0.4, -0.2) is 16.9 Å². The predicted molar refractivity (Wildman–Crippen MR) is 95.6 cm³/mol. The summed E-state index contributed by atoms with van der Waals surface area (Å²) in [6, 6.07) is 13.1. The first-order valence-corrected chi connectivity index (χ1v) is 8.10. The summed E-state index contributed by atoms with van der Waals surface area (Å²) < 4.78 is 14.3. The summed E-state index contributed by atoms with van der Waals surface area (Å²) in [6.45, 7) is 0. The van der Waals surface area contributed by atoms with Crippen LogP contribution in [0, 0.1) is 5.82 Å². The molecule has 1 aliphatic rings. The summed E-state index contributed by atoms with van der Waals surface area (Å²) in [7, 11) is 0. The largest absolute Gasteiger partial charge is 0.381 e. The molecule has 1 amide bonds. The Balaban J connectivity index is 1.71. The number of carbonyl (C=O) groups excluding carboxylic acids is 1. The molecule has 5 nitrogen and oxygen atoms in total. The van der Waals surface area contributed by atoms with Crippen LogP contribution in [0.2, 0.25) is 0 Å². The number of benzene rings is 2. The number of amides is 1. The molecule has 0 spiro atoms. The van der Waals surface area contributed by atoms with Crippen LogP contribution in [0.3, 0.4) is 0 Å². The van der Waals surface area contributed by atoms with Crippen LogP contribution in [0.1, 0.15) is 23.2 Å². The van der Waals surface area contributed by atoms with E-state index in [2.05, 4.69) is 15.6 Å². The first-order valence-electron chi connectivity index (χ1n) is 8.10. The van der Waals surface area contributed by atoms with E-state index in [-0.39, 0.29) is 16.8 Å². The van der Waals surface area contributed by atoms with Crippen LogP contribution in [0.4, 0.5) is 15.8 Å². The van der Waals surface area contributed by atoms with E-state index in [1.807, 2.05) is 0 Å². The van der Waals surface area contributed by atoms with Crippen LogP contribution in [-0.2, 0) is 0 Å². The number of aromatic amines is 1. The molecule has 1 aliphatic carbocycles. The van der Waals surface area contributed by atoms with Gasteiger partial charge in [-0.2, -0.15) is 0 Å². The minimum Gasteiger partial charge on any atom is -0.381 e. The van der Waals surface area contributed by atoms with Crippen molar-refractivity contribution in [2.24, 2.45) is 0 Å². The van der Waals surface area contributed by atoms with Crippen LogP contribution in [0.15, 0.2) is 53.3 Å². The number of pyridine rings is 1. The molecule has 0 bridgehead atoms. The molecular formula is C19H16FN3O2. The van der Waals surface area contributed by atoms with Gasteiger partial charge in [0, 0.05) is 12.1 Å². The third-order valence-corrected chi connectivity index (χ3v) is 4.19. The fourth-order valence-corrected chi connectivity index (χ4v) is 2.77. The standard InChI is InChI=1S/C19H16FN3O2/c20-14-5-2-6-15(21-12-8-9-12)18(14)23-19(25)13-4-1-3-11-7-10-16(24)22-17(11)13/h1-7,10,12,21H,8-9H2,(H,22,24)(H,23,25). The van der Waals surface area contributed by atoms with Crippen molar-refractivity contribution in [3.63, 3.8) is 0 Å². The Morgan fingerprint density at radius 1 is 1.08 bits per heavy atom. The number of rotatable bonds is 4. The van der Waals surface area contributed by atoms with Gasteiger partial charge in [-0.1, -0.05) is 18.2 Å². The normalized spacial score (nSPS) is 13.6. The van der Waals surface area contributed by atoms with E-state index >= 15 is 0 Å². The number of anilines is 2. The number of fused-ring (bicyclic) bond motifs is 1. The Hall–Kier alpha value is -3.15. The van der Waals surface area contributed by atoms with Crippen molar-refractivity contribution in [2.45, 2.75) is 18.9 Å². The smallest absolute Gasteiger partial charge is 0.257 e. The van der Waals surface area contributed by atoms with Crippen molar-refractivity contribution in [3.05, 3.63) is 70.3 Å². The number of hydrogen-bond donors (Lipinski definition) is 3. The molecule has 126 valence electrons. The lowest BCUT2D eigenvalue weighted by molar-refractivity contribution is 0.102. The quantitative estimate of drug-likeness (QED) is 0.682. The molecule has 2 aromatic carbocycles. The zero-order chi connectivity index (χ0) is 17.4. The van der Waals surface area contributed by atoms with Gasteiger partial charge in [0.2, 0.25) is 5.56 Å². The summed E-state index contributed by atoms with van der Waals surface area (Å²) >= 11 is 0. The van der Waals surface area contributed by atoms with Gasteiger partial charge in [0.1, 0.15) is 11.5 Å². The molecule has 6 heteroatoms. The number of carbonyl (C=O) groups is 1. The van der Waals surface area contributed by atoms with Crippen molar-refractivity contribution in [2.75, 3.05) is 10.6 Å². The van der Waals surface area contributed by atoms with E-state index in [4.69, 9.17) is 0 Å². The van der Waals surface area contributed by atoms with Crippen molar-refractivity contribution in [3.8, 4) is 0 Å². The van der Waals surface area contributed by atoms with Gasteiger partial charge in [0.15, 0.2) is 0 Å². The van der Waals surface area contributed by atoms with Crippen LogP contribution in [0.25, 0.3) is 10.9 Å². The average molecular weight is 337 g/mol. The molecule has 1 aromatic heterocycles. The lowest BCUT2D eigenvalue weighted by atomic mass is 10.1. The SMILES string of the molecule is O=C(Nc1c(F)cccc1NC1CC1)c1cccc2ccc(=O)[nH]c12. The van der Waals surface area contributed by atoms with Gasteiger partial charge in [-0.25, -0.2) is 4.39 Å². The van der Waals surface area contributed by atoms with Crippen molar-refractivity contribution in [1.82, 2.24) is 4.98 Å². The Morgan fingerprint density at radius 2 is 1.88 bits per heavy atom. The molecule has 0 aliphatic heterocycles. The van der Waals surface area contributed by atoms with Gasteiger partial charge in [-0.15, -0.1) is 0 Å². The van der Waals surface area contributed by atoms with Gasteiger partial charge in [0.25, 0.3) is 5.91 Å². The maximum absolute atomic E-state index is 14.3. The zero-order valence-electron chi connectivity index (χ0n) is 13.3. The van der Waals surface area contributed by atoms with Crippen LogP contribution < -0.4 is 16.2 Å². The molecule has 3 N–H and O–H groups in total. The second-order valence-electron chi connectivity index (χ2n) is 6.13. The van der Waals surface area contributed by atoms with E-state index < -0.39 is 11.7 Å². The summed E-state index contributed by atoms with van der Waals surface area (Å²) in [5, 5.41) is 6.59. The summed E-state index contributed by atoms with van der Waals surface area (Å²) in [5.41, 5.74) is 1.10. The molecular weight excluding hydrogens is 321 g/mol. The van der Waals surface area contributed by atoms with Gasteiger partial charge < -0.3 is 15.6 Å². The van der Waals surface area contributed by atoms with Gasteiger partial charge in [-0.3, -0.25) is 9.59 Å². The van der Waals surface area contributed by atoms with E-state index in [0.717, 1.165) is 18.2 Å². The lowest BCUT2D eigenvalue weighted by Crippen LogP contribution is -2.17. The first kappa shape index (κ1) is 15.4. The number of nitrogens with one attached hydrogen (secondary N) is 3. The summed E-state index contributed by atoms with van der Waals surface area (Å²) in [5.74, 6) is -0.982. The van der Waals surface area contributed by atoms with E-state index in [0.29, 0.717) is 17.2 Å². The van der Waals surface area contributed by atoms with Crippen molar-refractivity contribution >= 4 is 28.2 Å². The molecule has 4 rings (SSSR count). The molecule has 1 heterocycles. The summed E-state index contributed by atoms with van der Waals surface area (Å²) in [6.07, 6.45) is 2.07. The lowest BCUT2D eigenvalue weighted by Gasteiger charge is -2.14. The first-order chi connectivity index (χ1) is 12.1. The highest BCUT2D eigenvalue weighted by molar-refractivity contribution is 6.12. The van der Waals surface area contributed by atoms with Crippen LogP contribution in [0.5, 0.6) is 0 Å². The zero-order valence-corrected chi connectivity index (χ0v) is 13.3. The van der Waals surface area contributed by atoms with E-state index in [1.54, 1.807) is 36.4 Å². The number of hydrogen-bond acceptors (Lipinski definition) is 3. The van der Waals surface area contributed by atoms with Crippen LogP contribution >= 0.6 is 0 Å². The molecule has 3 aromatic rings. The van der Waals surface area contributed by atoms with E-state index in [9.17, 15) is 14.0 Å². The molecule has 0 atom stereocenters. The highest BCUT2D eigenvalue weighted by Gasteiger charge is 2.23.